The minimum Gasteiger partial charge on any atom is -0.347 e. The fourth-order valence-electron chi connectivity index (χ4n) is 1.49. The monoisotopic (exact) mass is 300 g/mol. The fourth-order valence-corrected chi connectivity index (χ4v) is 2.65. The highest BCUT2D eigenvalue weighted by molar-refractivity contribution is 7.89. The minimum absolute atomic E-state index is 0.114. The third kappa shape index (κ3) is 2.97. The predicted molar refractivity (Wildman–Crippen MR) is 65.7 cm³/mol. The Morgan fingerprint density at radius 2 is 2.20 bits per heavy atom. The van der Waals surface area contributed by atoms with Gasteiger partial charge in [-0.15, -0.1) is 0 Å². The quantitative estimate of drug-likeness (QED) is 0.629. The number of imidazole rings is 1. The van der Waals surface area contributed by atoms with Crippen LogP contribution in [0.1, 0.15) is 5.69 Å². The van der Waals surface area contributed by atoms with E-state index in [9.17, 15) is 22.9 Å². The topological polar surface area (TPSA) is 118 Å². The fraction of sp³-hybridized carbons (Fsp3) is 0.100. The molecule has 0 saturated heterocycles. The Hall–Kier alpha value is -2.33. The largest absolute Gasteiger partial charge is 0.347 e. The second kappa shape index (κ2) is 5.35. The zero-order valence-corrected chi connectivity index (χ0v) is 10.7. The standard InChI is InChI=1S/C10H9FN4O4S/c11-7-1-2-10(9(3-7)15(16)17)20(18,19)14-5-8-4-12-6-13-8/h1-4,6,14H,5H2,(H,12,13). The number of nitro benzene ring substituents is 1. The van der Waals surface area contributed by atoms with Gasteiger partial charge in [-0.25, -0.2) is 22.5 Å². The van der Waals surface area contributed by atoms with E-state index in [4.69, 9.17) is 0 Å². The van der Waals surface area contributed by atoms with E-state index >= 15 is 0 Å². The first-order chi connectivity index (χ1) is 9.40. The molecule has 1 aromatic heterocycles. The highest BCUT2D eigenvalue weighted by Crippen LogP contribution is 2.24. The Labute approximate surface area is 112 Å². The number of sulfonamides is 1. The number of nitro groups is 1. The molecule has 0 amide bonds. The first-order valence-corrected chi connectivity index (χ1v) is 6.79. The molecule has 1 aromatic carbocycles. The number of aromatic amines is 1. The van der Waals surface area contributed by atoms with E-state index in [0.29, 0.717) is 11.8 Å². The molecule has 0 aliphatic carbocycles. The average molecular weight is 300 g/mol. The summed E-state index contributed by atoms with van der Waals surface area (Å²) in [5.74, 6) is -0.885. The molecule has 0 radical (unpaired) electrons. The van der Waals surface area contributed by atoms with Crippen molar-refractivity contribution in [3.05, 3.63) is 52.3 Å². The molecule has 10 heteroatoms. The van der Waals surface area contributed by atoms with Crippen LogP contribution in [0.2, 0.25) is 0 Å². The van der Waals surface area contributed by atoms with E-state index in [-0.39, 0.29) is 6.54 Å². The van der Waals surface area contributed by atoms with Crippen LogP contribution in [0.3, 0.4) is 0 Å². The zero-order valence-electron chi connectivity index (χ0n) is 9.91. The summed E-state index contributed by atoms with van der Waals surface area (Å²) in [5.41, 5.74) is -0.333. The average Bonchev–Trinajstić information content (AvgIpc) is 2.89. The van der Waals surface area contributed by atoms with Gasteiger partial charge in [0.25, 0.3) is 5.69 Å². The van der Waals surface area contributed by atoms with Crippen molar-refractivity contribution >= 4 is 15.7 Å². The molecule has 0 unspecified atom stereocenters. The SMILES string of the molecule is O=[N+]([O-])c1cc(F)ccc1S(=O)(=O)NCc1cnc[nH]1. The van der Waals surface area contributed by atoms with E-state index < -0.39 is 31.3 Å². The molecule has 2 N–H and O–H groups in total. The molecular formula is C10H9FN4O4S. The molecule has 0 bridgehead atoms. The number of nitrogens with zero attached hydrogens (tertiary/aromatic N) is 2. The number of nitrogens with one attached hydrogen (secondary N) is 2. The van der Waals surface area contributed by atoms with E-state index in [1.807, 2.05) is 0 Å². The van der Waals surface area contributed by atoms with E-state index in [2.05, 4.69) is 14.7 Å². The lowest BCUT2D eigenvalue weighted by molar-refractivity contribution is -0.388. The van der Waals surface area contributed by atoms with Crippen molar-refractivity contribution in [2.24, 2.45) is 0 Å². The highest BCUT2D eigenvalue weighted by atomic mass is 32.2. The summed E-state index contributed by atoms with van der Waals surface area (Å²) in [6.07, 6.45) is 2.77. The van der Waals surface area contributed by atoms with Crippen LogP contribution in [-0.4, -0.2) is 23.3 Å². The summed E-state index contributed by atoms with van der Waals surface area (Å²) < 4.78 is 39.1. The third-order valence-electron chi connectivity index (χ3n) is 2.41. The Morgan fingerprint density at radius 3 is 2.80 bits per heavy atom. The highest BCUT2D eigenvalue weighted by Gasteiger charge is 2.26. The van der Waals surface area contributed by atoms with Crippen LogP contribution >= 0.6 is 0 Å². The lowest BCUT2D eigenvalue weighted by atomic mass is 10.3. The summed E-state index contributed by atoms with van der Waals surface area (Å²) in [6.45, 7) is -0.114. The number of hydrogen-bond acceptors (Lipinski definition) is 5. The minimum atomic E-state index is -4.13. The Bertz CT molecular complexity index is 730. The summed E-state index contributed by atoms with van der Waals surface area (Å²) in [4.78, 5) is 15.6. The molecule has 1 heterocycles. The van der Waals surface area contributed by atoms with Gasteiger partial charge in [-0.05, 0) is 12.1 Å². The summed E-state index contributed by atoms with van der Waals surface area (Å²) in [6, 6.07) is 2.26. The first kappa shape index (κ1) is 14.1. The van der Waals surface area contributed by atoms with Crippen LogP contribution < -0.4 is 4.72 Å². The lowest BCUT2D eigenvalue weighted by Gasteiger charge is -2.06. The molecule has 0 aliphatic rings. The van der Waals surface area contributed by atoms with Crippen LogP contribution in [0, 0.1) is 15.9 Å². The van der Waals surface area contributed by atoms with Gasteiger partial charge >= 0.3 is 0 Å². The van der Waals surface area contributed by atoms with Crippen molar-refractivity contribution in [1.29, 1.82) is 0 Å². The smallest absolute Gasteiger partial charge is 0.292 e. The summed E-state index contributed by atoms with van der Waals surface area (Å²) >= 11 is 0. The normalized spacial score (nSPS) is 11.4. The first-order valence-electron chi connectivity index (χ1n) is 5.31. The van der Waals surface area contributed by atoms with Crippen LogP contribution in [-0.2, 0) is 16.6 Å². The summed E-state index contributed by atoms with van der Waals surface area (Å²) in [7, 11) is -4.13. The van der Waals surface area contributed by atoms with Gasteiger partial charge < -0.3 is 4.98 Å². The van der Waals surface area contributed by atoms with E-state index in [1.165, 1.54) is 12.5 Å². The number of hydrogen-bond donors (Lipinski definition) is 2. The summed E-state index contributed by atoms with van der Waals surface area (Å²) in [5, 5.41) is 10.8. The van der Waals surface area contributed by atoms with E-state index in [0.717, 1.165) is 12.1 Å². The molecule has 2 rings (SSSR count). The molecule has 20 heavy (non-hydrogen) atoms. The second-order valence-corrected chi connectivity index (χ2v) is 5.51. The van der Waals surface area contributed by atoms with Gasteiger partial charge in [0.05, 0.1) is 23.9 Å². The molecule has 0 fully saturated rings. The van der Waals surface area contributed by atoms with Crippen molar-refractivity contribution < 1.29 is 17.7 Å². The Kier molecular flexibility index (Phi) is 3.77. The van der Waals surface area contributed by atoms with Crippen molar-refractivity contribution in [2.45, 2.75) is 11.4 Å². The molecule has 106 valence electrons. The number of halogens is 1. The maximum Gasteiger partial charge on any atom is 0.292 e. The Morgan fingerprint density at radius 1 is 1.45 bits per heavy atom. The third-order valence-corrected chi connectivity index (χ3v) is 3.86. The van der Waals surface area contributed by atoms with Gasteiger partial charge in [0.1, 0.15) is 5.82 Å². The zero-order chi connectivity index (χ0) is 14.8. The lowest BCUT2D eigenvalue weighted by Crippen LogP contribution is -2.24. The molecule has 8 nitrogen and oxygen atoms in total. The molecule has 0 aliphatic heterocycles. The van der Waals surface area contributed by atoms with Gasteiger partial charge in [-0.2, -0.15) is 0 Å². The van der Waals surface area contributed by atoms with Crippen molar-refractivity contribution in [3.8, 4) is 0 Å². The van der Waals surface area contributed by atoms with E-state index in [1.54, 1.807) is 0 Å². The number of aromatic nitrogens is 2. The number of benzene rings is 1. The predicted octanol–water partition coefficient (Wildman–Crippen LogP) is 0.935. The van der Waals surface area contributed by atoms with Crippen LogP contribution in [0.15, 0.2) is 35.6 Å². The molecule has 0 atom stereocenters. The maximum absolute atomic E-state index is 13.0. The van der Waals surface area contributed by atoms with Crippen LogP contribution in [0.25, 0.3) is 0 Å². The van der Waals surface area contributed by atoms with Gasteiger partial charge in [-0.3, -0.25) is 10.1 Å². The number of H-pyrrole nitrogens is 1. The molecule has 0 saturated carbocycles. The van der Waals surface area contributed by atoms with Gasteiger partial charge in [0, 0.05) is 11.9 Å². The molecular weight excluding hydrogens is 291 g/mol. The molecule has 0 spiro atoms. The maximum atomic E-state index is 13.0. The van der Waals surface area contributed by atoms with Crippen LogP contribution in [0.5, 0.6) is 0 Å². The van der Waals surface area contributed by atoms with Crippen molar-refractivity contribution in [3.63, 3.8) is 0 Å². The van der Waals surface area contributed by atoms with Gasteiger partial charge in [0.2, 0.25) is 10.0 Å². The van der Waals surface area contributed by atoms with Gasteiger partial charge in [-0.1, -0.05) is 0 Å². The van der Waals surface area contributed by atoms with Crippen LogP contribution in [0.4, 0.5) is 10.1 Å². The molecule has 2 aromatic rings. The van der Waals surface area contributed by atoms with Gasteiger partial charge in [0.15, 0.2) is 4.90 Å². The number of rotatable bonds is 5. The Balaban J connectivity index is 2.31. The van der Waals surface area contributed by atoms with Crippen molar-refractivity contribution in [1.82, 2.24) is 14.7 Å². The van der Waals surface area contributed by atoms with Crippen molar-refractivity contribution in [2.75, 3.05) is 0 Å². The second-order valence-electron chi connectivity index (χ2n) is 3.77.